The van der Waals surface area contributed by atoms with Crippen LogP contribution in [0.5, 0.6) is 0 Å². The molecule has 0 heterocycles. The maximum atomic E-state index is 10.8. The van der Waals surface area contributed by atoms with E-state index in [0.29, 0.717) is 24.5 Å². The van der Waals surface area contributed by atoms with Crippen molar-refractivity contribution in [2.24, 2.45) is 11.8 Å². The van der Waals surface area contributed by atoms with Crippen molar-refractivity contribution in [1.29, 1.82) is 0 Å². The van der Waals surface area contributed by atoms with Gasteiger partial charge in [0.2, 0.25) is 0 Å². The highest BCUT2D eigenvalue weighted by Gasteiger charge is 2.28. The first-order chi connectivity index (χ1) is 6.61. The Morgan fingerprint density at radius 1 is 1.36 bits per heavy atom. The second-order valence-corrected chi connectivity index (χ2v) is 4.74. The lowest BCUT2D eigenvalue weighted by Gasteiger charge is -2.33. The van der Waals surface area contributed by atoms with Crippen LogP contribution < -0.4 is 0 Å². The van der Waals surface area contributed by atoms with E-state index in [2.05, 4.69) is 13.8 Å². The van der Waals surface area contributed by atoms with E-state index in [4.69, 9.17) is 4.74 Å². The highest BCUT2D eigenvalue weighted by molar-refractivity contribution is 5.76. The minimum Gasteiger partial charge on any atom is -0.370 e. The number of ketones is 1. The van der Waals surface area contributed by atoms with Crippen LogP contribution in [0.2, 0.25) is 0 Å². The molecule has 0 spiro atoms. The molecule has 1 rings (SSSR count). The second kappa shape index (κ2) is 5.50. The lowest BCUT2D eigenvalue weighted by atomic mass is 9.79. The van der Waals surface area contributed by atoms with E-state index in [9.17, 15) is 4.79 Å². The number of Topliss-reactive ketones (excluding diaryl/α,β-unsaturated/α-hetero) is 1. The Morgan fingerprint density at radius 3 is 2.57 bits per heavy atom. The third-order valence-corrected chi connectivity index (χ3v) is 3.11. The molecule has 0 aromatic rings. The molecular weight excluding hydrogens is 176 g/mol. The Labute approximate surface area is 87.0 Å². The van der Waals surface area contributed by atoms with Crippen molar-refractivity contribution < 1.29 is 9.53 Å². The van der Waals surface area contributed by atoms with Crippen LogP contribution in [0.15, 0.2) is 0 Å². The molecule has 0 N–H and O–H groups in total. The van der Waals surface area contributed by atoms with Crippen LogP contribution in [-0.4, -0.2) is 18.5 Å². The summed E-state index contributed by atoms with van der Waals surface area (Å²) in [4.78, 5) is 10.8. The summed E-state index contributed by atoms with van der Waals surface area (Å²) in [6.07, 6.45) is 5.30. The second-order valence-electron chi connectivity index (χ2n) is 4.74. The lowest BCUT2D eigenvalue weighted by Crippen LogP contribution is -2.32. The molecular formula is C12H22O2. The molecule has 0 amide bonds. The van der Waals surface area contributed by atoms with Gasteiger partial charge in [-0.25, -0.2) is 0 Å². The molecule has 1 saturated carbocycles. The molecule has 0 aliphatic heterocycles. The van der Waals surface area contributed by atoms with Crippen molar-refractivity contribution in [2.75, 3.05) is 6.61 Å². The van der Waals surface area contributed by atoms with Crippen LogP contribution in [-0.2, 0) is 9.53 Å². The average Bonchev–Trinajstić information content (AvgIpc) is 2.15. The number of ether oxygens (including phenoxy) is 1. The minimum atomic E-state index is 0.137. The van der Waals surface area contributed by atoms with Gasteiger partial charge in [0, 0.05) is 0 Å². The molecule has 0 unspecified atom stereocenters. The van der Waals surface area contributed by atoms with Crippen LogP contribution in [0.3, 0.4) is 0 Å². The topological polar surface area (TPSA) is 26.3 Å². The summed E-state index contributed by atoms with van der Waals surface area (Å²) in [7, 11) is 0. The lowest BCUT2D eigenvalue weighted by molar-refractivity contribution is -0.126. The molecule has 14 heavy (non-hydrogen) atoms. The standard InChI is InChI=1S/C12H22O2/c1-9(2)11-6-4-5-7-12(11)14-8-10(3)13/h9,11-12H,4-8H2,1-3H3/t11-,12+/m1/s1. The Bertz CT molecular complexity index is 187. The Hall–Kier alpha value is -0.370. The first-order valence-corrected chi connectivity index (χ1v) is 5.72. The summed E-state index contributed by atoms with van der Waals surface area (Å²) < 4.78 is 5.67. The average molecular weight is 198 g/mol. The van der Waals surface area contributed by atoms with Gasteiger partial charge in [-0.1, -0.05) is 26.7 Å². The van der Waals surface area contributed by atoms with E-state index < -0.39 is 0 Å². The molecule has 2 atom stereocenters. The van der Waals surface area contributed by atoms with Crippen molar-refractivity contribution in [3.05, 3.63) is 0 Å². The quantitative estimate of drug-likeness (QED) is 0.694. The summed E-state index contributed by atoms with van der Waals surface area (Å²) in [6.45, 7) is 6.39. The van der Waals surface area contributed by atoms with Crippen molar-refractivity contribution in [3.63, 3.8) is 0 Å². The molecule has 0 radical (unpaired) electrons. The predicted molar refractivity (Wildman–Crippen MR) is 57.2 cm³/mol. The van der Waals surface area contributed by atoms with E-state index in [-0.39, 0.29) is 5.78 Å². The van der Waals surface area contributed by atoms with E-state index in [0.717, 1.165) is 6.42 Å². The Kier molecular flexibility index (Phi) is 4.59. The molecule has 1 fully saturated rings. The summed E-state index contributed by atoms with van der Waals surface area (Å²) in [5.74, 6) is 1.47. The fourth-order valence-corrected chi connectivity index (χ4v) is 2.32. The molecule has 0 aromatic carbocycles. The molecule has 1 aliphatic carbocycles. The molecule has 2 heteroatoms. The van der Waals surface area contributed by atoms with Crippen molar-refractivity contribution in [2.45, 2.75) is 52.6 Å². The van der Waals surface area contributed by atoms with Crippen LogP contribution in [0.1, 0.15) is 46.5 Å². The smallest absolute Gasteiger partial charge is 0.155 e. The van der Waals surface area contributed by atoms with Gasteiger partial charge in [-0.3, -0.25) is 4.79 Å². The summed E-state index contributed by atoms with van der Waals surface area (Å²) in [6, 6.07) is 0. The van der Waals surface area contributed by atoms with Gasteiger partial charge in [0.05, 0.1) is 6.10 Å². The first kappa shape index (κ1) is 11.7. The molecule has 2 nitrogen and oxygen atoms in total. The fourth-order valence-electron chi connectivity index (χ4n) is 2.32. The van der Waals surface area contributed by atoms with Gasteiger partial charge >= 0.3 is 0 Å². The maximum absolute atomic E-state index is 10.8. The van der Waals surface area contributed by atoms with Gasteiger partial charge in [0.15, 0.2) is 5.78 Å². The molecule has 82 valence electrons. The van der Waals surface area contributed by atoms with Gasteiger partial charge < -0.3 is 4.74 Å². The van der Waals surface area contributed by atoms with E-state index in [1.54, 1.807) is 6.92 Å². The van der Waals surface area contributed by atoms with Crippen LogP contribution in [0.4, 0.5) is 0 Å². The number of carbonyl (C=O) groups excluding carboxylic acids is 1. The van der Waals surface area contributed by atoms with Gasteiger partial charge in [-0.05, 0) is 31.6 Å². The predicted octanol–water partition coefficient (Wildman–Crippen LogP) is 2.81. The van der Waals surface area contributed by atoms with Crippen molar-refractivity contribution in [3.8, 4) is 0 Å². The number of rotatable bonds is 4. The fraction of sp³-hybridized carbons (Fsp3) is 0.917. The monoisotopic (exact) mass is 198 g/mol. The van der Waals surface area contributed by atoms with Crippen molar-refractivity contribution in [1.82, 2.24) is 0 Å². The zero-order valence-electron chi connectivity index (χ0n) is 9.58. The maximum Gasteiger partial charge on any atom is 0.155 e. The summed E-state index contributed by atoms with van der Waals surface area (Å²) >= 11 is 0. The minimum absolute atomic E-state index is 0.137. The Balaban J connectivity index is 2.41. The van der Waals surface area contributed by atoms with Crippen molar-refractivity contribution >= 4 is 5.78 Å². The van der Waals surface area contributed by atoms with Gasteiger partial charge in [0.1, 0.15) is 6.61 Å². The molecule has 0 bridgehead atoms. The third-order valence-electron chi connectivity index (χ3n) is 3.11. The summed E-state index contributed by atoms with van der Waals surface area (Å²) in [5, 5.41) is 0. The SMILES string of the molecule is CC(=O)CO[C@H]1CCCC[C@@H]1C(C)C. The van der Waals surface area contributed by atoms with Gasteiger partial charge in [0.25, 0.3) is 0 Å². The Morgan fingerprint density at radius 2 is 2.00 bits per heavy atom. The van der Waals surface area contributed by atoms with Crippen LogP contribution in [0, 0.1) is 11.8 Å². The third kappa shape index (κ3) is 3.41. The summed E-state index contributed by atoms with van der Waals surface area (Å²) in [5.41, 5.74) is 0. The van der Waals surface area contributed by atoms with E-state index in [1.807, 2.05) is 0 Å². The van der Waals surface area contributed by atoms with Crippen LogP contribution in [0.25, 0.3) is 0 Å². The van der Waals surface area contributed by atoms with E-state index in [1.165, 1.54) is 19.3 Å². The van der Waals surface area contributed by atoms with E-state index >= 15 is 0 Å². The molecule has 1 aliphatic rings. The molecule has 0 saturated heterocycles. The zero-order chi connectivity index (χ0) is 10.6. The number of hydrogen-bond donors (Lipinski definition) is 0. The zero-order valence-corrected chi connectivity index (χ0v) is 9.58. The molecule has 0 aromatic heterocycles. The number of hydrogen-bond acceptors (Lipinski definition) is 2. The normalized spacial score (nSPS) is 28.0. The highest BCUT2D eigenvalue weighted by Crippen LogP contribution is 2.32. The number of carbonyl (C=O) groups is 1. The van der Waals surface area contributed by atoms with Gasteiger partial charge in [-0.2, -0.15) is 0 Å². The highest BCUT2D eigenvalue weighted by atomic mass is 16.5. The van der Waals surface area contributed by atoms with Crippen LogP contribution >= 0.6 is 0 Å². The largest absolute Gasteiger partial charge is 0.370 e. The van der Waals surface area contributed by atoms with Gasteiger partial charge in [-0.15, -0.1) is 0 Å². The first-order valence-electron chi connectivity index (χ1n) is 5.72.